The number of ether oxygens (including phenoxy) is 1. The fraction of sp³-hybridized carbons (Fsp3) is 0.571. The van der Waals surface area contributed by atoms with Gasteiger partial charge in [-0.1, -0.05) is 6.07 Å². The Kier molecular flexibility index (Phi) is 7.05. The van der Waals surface area contributed by atoms with Crippen molar-refractivity contribution < 1.29 is 19.1 Å². The molecule has 2 rings (SSSR count). The number of piperidine rings is 1. The maximum Gasteiger partial charge on any atom is 0.408 e. The Bertz CT molecular complexity index is 732. The lowest BCUT2D eigenvalue weighted by molar-refractivity contribution is -0.121. The molecule has 1 aromatic carbocycles. The third kappa shape index (κ3) is 6.55. The second kappa shape index (κ2) is 9.08. The van der Waals surface area contributed by atoms with Gasteiger partial charge >= 0.3 is 6.09 Å². The normalized spacial score (nSPS) is 15.1. The Morgan fingerprint density at radius 1 is 1.11 bits per heavy atom. The first-order valence-corrected chi connectivity index (χ1v) is 9.68. The molecule has 0 unspecified atom stereocenters. The summed E-state index contributed by atoms with van der Waals surface area (Å²) >= 11 is 0. The summed E-state index contributed by atoms with van der Waals surface area (Å²) in [5.74, 6) is -0.232. The number of carbonyl (C=O) groups excluding carboxylic acids is 3. The fourth-order valence-corrected chi connectivity index (χ4v) is 3.03. The molecular weight excluding hydrogens is 358 g/mol. The molecule has 0 atom stereocenters. The molecule has 0 saturated carbocycles. The van der Waals surface area contributed by atoms with Gasteiger partial charge in [-0.15, -0.1) is 0 Å². The van der Waals surface area contributed by atoms with Gasteiger partial charge in [0.15, 0.2) is 0 Å². The van der Waals surface area contributed by atoms with Crippen LogP contribution in [-0.4, -0.2) is 54.1 Å². The van der Waals surface area contributed by atoms with Gasteiger partial charge in [0.1, 0.15) is 12.1 Å². The lowest BCUT2D eigenvalue weighted by atomic mass is 10.0. The van der Waals surface area contributed by atoms with Gasteiger partial charge in [-0.3, -0.25) is 9.59 Å². The zero-order chi connectivity index (χ0) is 20.9. The summed E-state index contributed by atoms with van der Waals surface area (Å²) in [6.07, 6.45) is 0.764. The highest BCUT2D eigenvalue weighted by Crippen LogP contribution is 2.16. The number of rotatable bonds is 4. The SMILES string of the molecule is Cc1ccc(C(=O)N2CCC(NC(=O)CNC(=O)OC(C)(C)C)CC2)cc1C. The van der Waals surface area contributed by atoms with Gasteiger partial charge in [0.25, 0.3) is 5.91 Å². The van der Waals surface area contributed by atoms with E-state index in [9.17, 15) is 14.4 Å². The number of likely N-dealkylation sites (tertiary alicyclic amines) is 1. The van der Waals surface area contributed by atoms with E-state index >= 15 is 0 Å². The van der Waals surface area contributed by atoms with Gasteiger partial charge in [0.05, 0.1) is 0 Å². The number of nitrogens with zero attached hydrogens (tertiary/aromatic N) is 1. The molecule has 2 N–H and O–H groups in total. The van der Waals surface area contributed by atoms with Crippen molar-refractivity contribution in [3.8, 4) is 0 Å². The Morgan fingerprint density at radius 2 is 1.75 bits per heavy atom. The van der Waals surface area contributed by atoms with Gasteiger partial charge in [0.2, 0.25) is 5.91 Å². The summed E-state index contributed by atoms with van der Waals surface area (Å²) in [5, 5.41) is 5.35. The molecule has 0 bridgehead atoms. The van der Waals surface area contributed by atoms with E-state index in [0.717, 1.165) is 11.1 Å². The standard InChI is InChI=1S/C21H31N3O4/c1-14-6-7-16(12-15(14)2)19(26)24-10-8-17(9-11-24)23-18(25)13-22-20(27)28-21(3,4)5/h6-7,12,17H,8-11,13H2,1-5H3,(H,22,27)(H,23,25). The molecule has 1 aliphatic rings. The minimum absolute atomic E-state index is 0.00302. The van der Waals surface area contributed by atoms with Gasteiger partial charge in [-0.25, -0.2) is 4.79 Å². The first kappa shape index (κ1) is 21.7. The van der Waals surface area contributed by atoms with Crippen molar-refractivity contribution >= 4 is 17.9 Å². The summed E-state index contributed by atoms with van der Waals surface area (Å²) in [6, 6.07) is 5.75. The van der Waals surface area contributed by atoms with Crippen LogP contribution in [0.2, 0.25) is 0 Å². The Morgan fingerprint density at radius 3 is 2.32 bits per heavy atom. The molecule has 0 radical (unpaired) electrons. The number of amides is 3. The number of carbonyl (C=O) groups is 3. The van der Waals surface area contributed by atoms with Crippen molar-refractivity contribution in [2.75, 3.05) is 19.6 Å². The average Bonchev–Trinajstić information content (AvgIpc) is 2.61. The van der Waals surface area contributed by atoms with Crippen LogP contribution < -0.4 is 10.6 Å². The highest BCUT2D eigenvalue weighted by atomic mass is 16.6. The van der Waals surface area contributed by atoms with Crippen molar-refractivity contribution in [3.63, 3.8) is 0 Å². The van der Waals surface area contributed by atoms with Crippen LogP contribution in [-0.2, 0) is 9.53 Å². The Hall–Kier alpha value is -2.57. The topological polar surface area (TPSA) is 87.7 Å². The maximum absolute atomic E-state index is 12.7. The molecule has 1 fully saturated rings. The first-order chi connectivity index (χ1) is 13.0. The second-order valence-electron chi connectivity index (χ2n) is 8.29. The van der Waals surface area contributed by atoms with E-state index in [-0.39, 0.29) is 24.4 Å². The summed E-state index contributed by atoms with van der Waals surface area (Å²) in [6.45, 7) is 10.4. The Balaban J connectivity index is 1.75. The molecule has 3 amide bonds. The molecule has 0 spiro atoms. The molecule has 7 heteroatoms. The molecule has 0 aliphatic carbocycles. The molecule has 0 aromatic heterocycles. The zero-order valence-corrected chi connectivity index (χ0v) is 17.4. The predicted octanol–water partition coefficient (Wildman–Crippen LogP) is 2.55. The van der Waals surface area contributed by atoms with E-state index in [0.29, 0.717) is 31.5 Å². The number of benzene rings is 1. The van der Waals surface area contributed by atoms with E-state index in [1.165, 1.54) is 0 Å². The van der Waals surface area contributed by atoms with Crippen LogP contribution in [0.3, 0.4) is 0 Å². The van der Waals surface area contributed by atoms with Crippen LogP contribution in [0.5, 0.6) is 0 Å². The van der Waals surface area contributed by atoms with E-state index in [1.807, 2.05) is 36.9 Å². The maximum atomic E-state index is 12.7. The van der Waals surface area contributed by atoms with E-state index in [2.05, 4.69) is 10.6 Å². The summed E-state index contributed by atoms with van der Waals surface area (Å²) in [4.78, 5) is 38.1. The lowest BCUT2D eigenvalue weighted by Crippen LogP contribution is -2.49. The van der Waals surface area contributed by atoms with E-state index in [1.54, 1.807) is 20.8 Å². The molecule has 1 aromatic rings. The third-order valence-corrected chi connectivity index (χ3v) is 4.69. The highest BCUT2D eigenvalue weighted by Gasteiger charge is 2.25. The van der Waals surface area contributed by atoms with Crippen molar-refractivity contribution in [3.05, 3.63) is 34.9 Å². The molecule has 1 saturated heterocycles. The number of hydrogen-bond acceptors (Lipinski definition) is 4. The quantitative estimate of drug-likeness (QED) is 0.828. The third-order valence-electron chi connectivity index (χ3n) is 4.69. The predicted molar refractivity (Wildman–Crippen MR) is 107 cm³/mol. The average molecular weight is 389 g/mol. The van der Waals surface area contributed by atoms with Crippen LogP contribution in [0.1, 0.15) is 55.1 Å². The minimum atomic E-state index is -0.614. The summed E-state index contributed by atoms with van der Waals surface area (Å²) in [5.41, 5.74) is 2.37. The molecule has 154 valence electrons. The van der Waals surface area contributed by atoms with Crippen molar-refractivity contribution in [1.82, 2.24) is 15.5 Å². The van der Waals surface area contributed by atoms with Gasteiger partial charge in [0, 0.05) is 24.7 Å². The number of alkyl carbamates (subject to hydrolysis) is 1. The largest absolute Gasteiger partial charge is 0.444 e. The first-order valence-electron chi connectivity index (χ1n) is 9.68. The summed E-state index contributed by atoms with van der Waals surface area (Å²) < 4.78 is 5.10. The zero-order valence-electron chi connectivity index (χ0n) is 17.4. The Labute approximate surface area is 166 Å². The van der Waals surface area contributed by atoms with Crippen LogP contribution in [0.25, 0.3) is 0 Å². The number of hydrogen-bond donors (Lipinski definition) is 2. The van der Waals surface area contributed by atoms with Crippen molar-refractivity contribution in [2.45, 2.75) is 59.1 Å². The smallest absolute Gasteiger partial charge is 0.408 e. The minimum Gasteiger partial charge on any atom is -0.444 e. The molecular formula is C21H31N3O4. The number of nitrogens with one attached hydrogen (secondary N) is 2. The van der Waals surface area contributed by atoms with E-state index < -0.39 is 11.7 Å². The monoisotopic (exact) mass is 389 g/mol. The molecule has 1 aliphatic heterocycles. The van der Waals surface area contributed by atoms with Crippen molar-refractivity contribution in [2.24, 2.45) is 0 Å². The van der Waals surface area contributed by atoms with Crippen LogP contribution in [0.4, 0.5) is 4.79 Å². The fourth-order valence-electron chi connectivity index (χ4n) is 3.03. The van der Waals surface area contributed by atoms with Crippen LogP contribution in [0.15, 0.2) is 18.2 Å². The second-order valence-corrected chi connectivity index (χ2v) is 8.29. The van der Waals surface area contributed by atoms with Gasteiger partial charge in [-0.05, 0) is 70.7 Å². The van der Waals surface area contributed by atoms with Crippen LogP contribution in [0, 0.1) is 13.8 Å². The van der Waals surface area contributed by atoms with Gasteiger partial charge < -0.3 is 20.3 Å². The van der Waals surface area contributed by atoms with Gasteiger partial charge in [-0.2, -0.15) is 0 Å². The number of aryl methyl sites for hydroxylation is 2. The van der Waals surface area contributed by atoms with E-state index in [4.69, 9.17) is 4.74 Å². The molecule has 7 nitrogen and oxygen atoms in total. The highest BCUT2D eigenvalue weighted by molar-refractivity contribution is 5.94. The lowest BCUT2D eigenvalue weighted by Gasteiger charge is -2.32. The summed E-state index contributed by atoms with van der Waals surface area (Å²) in [7, 11) is 0. The molecule has 1 heterocycles. The molecule has 28 heavy (non-hydrogen) atoms. The van der Waals surface area contributed by atoms with Crippen LogP contribution >= 0.6 is 0 Å². The van der Waals surface area contributed by atoms with Crippen molar-refractivity contribution in [1.29, 1.82) is 0 Å².